The van der Waals surface area contributed by atoms with E-state index in [-0.39, 0.29) is 5.91 Å². The molecule has 1 saturated heterocycles. The zero-order chi connectivity index (χ0) is 16.8. The first-order chi connectivity index (χ1) is 11.7. The Labute approximate surface area is 143 Å². The lowest BCUT2D eigenvalue weighted by atomic mass is 10.1. The minimum Gasteiger partial charge on any atom is -0.380 e. The zero-order valence-electron chi connectivity index (χ0n) is 14.3. The van der Waals surface area contributed by atoms with Crippen molar-refractivity contribution >= 4 is 11.6 Å². The van der Waals surface area contributed by atoms with Crippen LogP contribution >= 0.6 is 0 Å². The van der Waals surface area contributed by atoms with Crippen LogP contribution < -0.4 is 5.32 Å². The number of hydrogen-bond donors (Lipinski definition) is 1. The molecule has 1 amide bonds. The first kappa shape index (κ1) is 16.5. The van der Waals surface area contributed by atoms with Crippen molar-refractivity contribution in [1.29, 1.82) is 0 Å². The van der Waals surface area contributed by atoms with Gasteiger partial charge in [-0.25, -0.2) is 0 Å². The van der Waals surface area contributed by atoms with E-state index < -0.39 is 0 Å². The number of hydrogen-bond acceptors (Lipinski definition) is 3. The first-order valence-corrected chi connectivity index (χ1v) is 8.76. The number of amides is 1. The van der Waals surface area contributed by atoms with Crippen LogP contribution in [0.15, 0.2) is 42.7 Å². The van der Waals surface area contributed by atoms with Crippen LogP contribution in [0.25, 0.3) is 0 Å². The van der Waals surface area contributed by atoms with E-state index in [1.807, 2.05) is 11.0 Å². The Bertz CT molecular complexity index is 674. The molecule has 4 nitrogen and oxygen atoms in total. The fourth-order valence-corrected chi connectivity index (χ4v) is 3.02. The molecular weight excluding hydrogens is 298 g/mol. The number of anilines is 1. The molecule has 0 radical (unpaired) electrons. The second kappa shape index (κ2) is 7.95. The summed E-state index contributed by atoms with van der Waals surface area (Å²) < 4.78 is 0. The molecule has 0 aliphatic carbocycles. The predicted molar refractivity (Wildman–Crippen MR) is 97.1 cm³/mol. The SMILES string of the molecule is Cc1ccc(CNc2cncc(C(=O)N3CCCCCC3)c2)cc1. The number of carbonyl (C=O) groups is 1. The van der Waals surface area contributed by atoms with Gasteiger partial charge >= 0.3 is 0 Å². The van der Waals surface area contributed by atoms with Crippen LogP contribution in [-0.2, 0) is 6.54 Å². The second-order valence-corrected chi connectivity index (χ2v) is 6.51. The van der Waals surface area contributed by atoms with Gasteiger partial charge in [-0.3, -0.25) is 9.78 Å². The van der Waals surface area contributed by atoms with Gasteiger partial charge in [0.2, 0.25) is 0 Å². The summed E-state index contributed by atoms with van der Waals surface area (Å²) >= 11 is 0. The minimum atomic E-state index is 0.100. The van der Waals surface area contributed by atoms with Gasteiger partial charge in [0.1, 0.15) is 0 Å². The molecule has 1 aromatic heterocycles. The summed E-state index contributed by atoms with van der Waals surface area (Å²) in [7, 11) is 0. The molecule has 24 heavy (non-hydrogen) atoms. The molecule has 1 N–H and O–H groups in total. The number of aryl methyl sites for hydroxylation is 1. The van der Waals surface area contributed by atoms with E-state index in [1.165, 1.54) is 24.0 Å². The van der Waals surface area contributed by atoms with Gasteiger partial charge in [0.05, 0.1) is 11.3 Å². The molecule has 0 saturated carbocycles. The van der Waals surface area contributed by atoms with Gasteiger partial charge in [-0.15, -0.1) is 0 Å². The summed E-state index contributed by atoms with van der Waals surface area (Å²) in [6.45, 7) is 4.53. The molecular formula is C20H25N3O. The van der Waals surface area contributed by atoms with Crippen LogP contribution in [0.3, 0.4) is 0 Å². The average Bonchev–Trinajstić information content (AvgIpc) is 2.90. The van der Waals surface area contributed by atoms with Crippen LogP contribution in [0.2, 0.25) is 0 Å². The van der Waals surface area contributed by atoms with Crippen LogP contribution in [0, 0.1) is 6.92 Å². The van der Waals surface area contributed by atoms with Crippen molar-refractivity contribution in [2.24, 2.45) is 0 Å². The Morgan fingerprint density at radius 1 is 1.08 bits per heavy atom. The Morgan fingerprint density at radius 3 is 2.50 bits per heavy atom. The van der Waals surface area contributed by atoms with Crippen molar-refractivity contribution < 1.29 is 4.79 Å². The van der Waals surface area contributed by atoms with E-state index in [0.717, 1.165) is 38.2 Å². The van der Waals surface area contributed by atoms with Crippen molar-refractivity contribution in [3.8, 4) is 0 Å². The Hall–Kier alpha value is -2.36. The third-order valence-electron chi connectivity index (χ3n) is 4.50. The van der Waals surface area contributed by atoms with Crippen molar-refractivity contribution in [2.45, 2.75) is 39.2 Å². The van der Waals surface area contributed by atoms with Gasteiger partial charge in [-0.2, -0.15) is 0 Å². The quantitative estimate of drug-likeness (QED) is 0.924. The van der Waals surface area contributed by atoms with Crippen molar-refractivity contribution in [3.63, 3.8) is 0 Å². The molecule has 3 rings (SSSR count). The summed E-state index contributed by atoms with van der Waals surface area (Å²) in [5.41, 5.74) is 4.03. The molecule has 1 aromatic carbocycles. The highest BCUT2D eigenvalue weighted by molar-refractivity contribution is 5.94. The lowest BCUT2D eigenvalue weighted by Gasteiger charge is -2.20. The van der Waals surface area contributed by atoms with Gasteiger partial charge in [-0.05, 0) is 31.4 Å². The normalized spacial score (nSPS) is 15.0. The highest BCUT2D eigenvalue weighted by Crippen LogP contribution is 2.16. The molecule has 1 aliphatic heterocycles. The van der Waals surface area contributed by atoms with Crippen molar-refractivity contribution in [2.75, 3.05) is 18.4 Å². The third kappa shape index (κ3) is 4.34. The predicted octanol–water partition coefficient (Wildman–Crippen LogP) is 4.02. The lowest BCUT2D eigenvalue weighted by molar-refractivity contribution is 0.0761. The highest BCUT2D eigenvalue weighted by atomic mass is 16.2. The molecule has 0 bridgehead atoms. The molecule has 1 aliphatic rings. The third-order valence-corrected chi connectivity index (χ3v) is 4.50. The van der Waals surface area contributed by atoms with Crippen molar-refractivity contribution in [1.82, 2.24) is 9.88 Å². The summed E-state index contributed by atoms with van der Waals surface area (Å²) in [5, 5.41) is 3.36. The first-order valence-electron chi connectivity index (χ1n) is 8.76. The number of rotatable bonds is 4. The molecule has 0 atom stereocenters. The van der Waals surface area contributed by atoms with Crippen molar-refractivity contribution in [3.05, 3.63) is 59.4 Å². The Balaban J connectivity index is 1.64. The lowest BCUT2D eigenvalue weighted by Crippen LogP contribution is -2.31. The van der Waals surface area contributed by atoms with Crippen LogP contribution in [-0.4, -0.2) is 28.9 Å². The van der Waals surface area contributed by atoms with E-state index in [9.17, 15) is 4.79 Å². The van der Waals surface area contributed by atoms with Gasteiger partial charge in [-0.1, -0.05) is 42.7 Å². The fraction of sp³-hybridized carbons (Fsp3) is 0.400. The summed E-state index contributed by atoms with van der Waals surface area (Å²) in [6.07, 6.45) is 8.09. The summed E-state index contributed by atoms with van der Waals surface area (Å²) in [4.78, 5) is 18.9. The largest absolute Gasteiger partial charge is 0.380 e. The van der Waals surface area contributed by atoms with Gasteiger partial charge in [0.15, 0.2) is 0 Å². The van der Waals surface area contributed by atoms with E-state index >= 15 is 0 Å². The number of pyridine rings is 1. The molecule has 2 heterocycles. The van der Waals surface area contributed by atoms with Crippen LogP contribution in [0.1, 0.15) is 47.2 Å². The molecule has 2 aromatic rings. The maximum absolute atomic E-state index is 12.7. The summed E-state index contributed by atoms with van der Waals surface area (Å²) in [6, 6.07) is 10.3. The standard InChI is InChI=1S/C20H25N3O/c1-16-6-8-17(9-7-16)13-22-19-12-18(14-21-15-19)20(24)23-10-4-2-3-5-11-23/h6-9,12,14-15,22H,2-5,10-11,13H2,1H3. The van der Waals surface area contributed by atoms with E-state index in [1.54, 1.807) is 12.4 Å². The maximum atomic E-state index is 12.7. The Kier molecular flexibility index (Phi) is 5.47. The molecule has 1 fully saturated rings. The highest BCUT2D eigenvalue weighted by Gasteiger charge is 2.17. The number of nitrogens with zero attached hydrogens (tertiary/aromatic N) is 2. The molecule has 0 unspecified atom stereocenters. The number of carbonyl (C=O) groups excluding carboxylic acids is 1. The Morgan fingerprint density at radius 2 is 1.79 bits per heavy atom. The minimum absolute atomic E-state index is 0.100. The van der Waals surface area contributed by atoms with E-state index in [0.29, 0.717) is 5.56 Å². The zero-order valence-corrected chi connectivity index (χ0v) is 14.3. The van der Waals surface area contributed by atoms with Crippen LogP contribution in [0.5, 0.6) is 0 Å². The fourth-order valence-electron chi connectivity index (χ4n) is 3.02. The topological polar surface area (TPSA) is 45.2 Å². The molecule has 4 heteroatoms. The van der Waals surface area contributed by atoms with Gasteiger partial charge < -0.3 is 10.2 Å². The second-order valence-electron chi connectivity index (χ2n) is 6.51. The average molecular weight is 323 g/mol. The van der Waals surface area contributed by atoms with E-state index in [4.69, 9.17) is 0 Å². The number of benzene rings is 1. The van der Waals surface area contributed by atoms with Gasteiger partial charge in [0, 0.05) is 32.0 Å². The number of likely N-dealkylation sites (tertiary alicyclic amines) is 1. The van der Waals surface area contributed by atoms with Crippen LogP contribution in [0.4, 0.5) is 5.69 Å². The van der Waals surface area contributed by atoms with E-state index in [2.05, 4.69) is 41.5 Å². The summed E-state index contributed by atoms with van der Waals surface area (Å²) in [5.74, 6) is 0.100. The molecule has 126 valence electrons. The number of aromatic nitrogens is 1. The van der Waals surface area contributed by atoms with Gasteiger partial charge in [0.25, 0.3) is 5.91 Å². The number of nitrogens with one attached hydrogen (secondary N) is 1. The smallest absolute Gasteiger partial charge is 0.255 e. The monoisotopic (exact) mass is 323 g/mol. The maximum Gasteiger partial charge on any atom is 0.255 e. The molecule has 0 spiro atoms.